The highest BCUT2D eigenvalue weighted by atomic mass is 32.2. The van der Waals surface area contributed by atoms with Crippen LogP contribution in [0.1, 0.15) is 48.4 Å². The standard InChI is InChI=1S/C14H22N4O2S/c1-9-4-3-6-18-11(8-16-13(9)18)14(20)17-10(12(15)19)5-7-21-2/h8-10H,3-7H2,1-2H3,(H2,15,19)(H,17,20)/t9?,10-/m0/s1. The second-order valence-electron chi connectivity index (χ2n) is 5.41. The Balaban J connectivity index is 2.11. The van der Waals surface area contributed by atoms with Gasteiger partial charge in [0.25, 0.3) is 5.91 Å². The lowest BCUT2D eigenvalue weighted by atomic mass is 10.0. The number of hydrogen-bond acceptors (Lipinski definition) is 4. The molecule has 2 amide bonds. The van der Waals surface area contributed by atoms with Gasteiger partial charge in [0.15, 0.2) is 0 Å². The molecule has 0 fully saturated rings. The van der Waals surface area contributed by atoms with Gasteiger partial charge in [-0.2, -0.15) is 11.8 Å². The number of hydrogen-bond donors (Lipinski definition) is 2. The second-order valence-corrected chi connectivity index (χ2v) is 6.39. The van der Waals surface area contributed by atoms with Gasteiger partial charge in [-0.15, -0.1) is 0 Å². The molecule has 2 heterocycles. The van der Waals surface area contributed by atoms with Gasteiger partial charge in [0.1, 0.15) is 17.6 Å². The van der Waals surface area contributed by atoms with Crippen molar-refractivity contribution in [2.75, 3.05) is 12.0 Å². The van der Waals surface area contributed by atoms with Crippen LogP contribution in [0.15, 0.2) is 6.20 Å². The fourth-order valence-electron chi connectivity index (χ4n) is 2.64. The van der Waals surface area contributed by atoms with E-state index in [9.17, 15) is 9.59 Å². The Hall–Kier alpha value is -1.50. The Bertz CT molecular complexity index is 529. The summed E-state index contributed by atoms with van der Waals surface area (Å²) >= 11 is 1.62. The van der Waals surface area contributed by atoms with E-state index in [1.807, 2.05) is 10.8 Å². The Kier molecular flexibility index (Phi) is 5.27. The van der Waals surface area contributed by atoms with Crippen LogP contribution >= 0.6 is 11.8 Å². The number of fused-ring (bicyclic) bond motifs is 1. The highest BCUT2D eigenvalue weighted by Crippen LogP contribution is 2.26. The van der Waals surface area contributed by atoms with E-state index < -0.39 is 11.9 Å². The normalized spacial score (nSPS) is 18.9. The molecular weight excluding hydrogens is 288 g/mol. The van der Waals surface area contributed by atoms with Crippen molar-refractivity contribution in [3.05, 3.63) is 17.7 Å². The molecule has 1 aromatic rings. The molecule has 1 aliphatic rings. The Morgan fingerprint density at radius 2 is 2.38 bits per heavy atom. The average Bonchev–Trinajstić information content (AvgIpc) is 2.88. The smallest absolute Gasteiger partial charge is 0.270 e. The first-order valence-corrected chi connectivity index (χ1v) is 8.58. The van der Waals surface area contributed by atoms with Gasteiger partial charge in [-0.1, -0.05) is 6.92 Å². The van der Waals surface area contributed by atoms with Crippen LogP contribution in [0.3, 0.4) is 0 Å². The number of rotatable bonds is 6. The van der Waals surface area contributed by atoms with Crippen LogP contribution in [-0.4, -0.2) is 39.4 Å². The average molecular weight is 310 g/mol. The number of primary amides is 1. The summed E-state index contributed by atoms with van der Waals surface area (Å²) in [5, 5.41) is 2.73. The number of carbonyl (C=O) groups excluding carboxylic acids is 2. The maximum atomic E-state index is 12.4. The second kappa shape index (κ2) is 6.98. The van der Waals surface area contributed by atoms with E-state index in [2.05, 4.69) is 17.2 Å². The molecule has 2 atom stereocenters. The summed E-state index contributed by atoms with van der Waals surface area (Å²) in [5.41, 5.74) is 5.87. The van der Waals surface area contributed by atoms with Crippen molar-refractivity contribution in [3.8, 4) is 0 Å². The quantitative estimate of drug-likeness (QED) is 0.824. The monoisotopic (exact) mass is 310 g/mol. The molecule has 1 aliphatic heterocycles. The number of nitrogens with two attached hydrogens (primary N) is 1. The molecule has 3 N–H and O–H groups in total. The summed E-state index contributed by atoms with van der Waals surface area (Å²) in [4.78, 5) is 28.2. The number of thioether (sulfide) groups is 1. The predicted octanol–water partition coefficient (Wildman–Crippen LogP) is 1.12. The SMILES string of the molecule is CSCC[C@H](NC(=O)c1cnc2n1CCCC2C)C(N)=O. The van der Waals surface area contributed by atoms with Crippen LogP contribution in [0.25, 0.3) is 0 Å². The predicted molar refractivity (Wildman–Crippen MR) is 83.3 cm³/mol. The lowest BCUT2D eigenvalue weighted by Gasteiger charge is -2.22. The van der Waals surface area contributed by atoms with Crippen molar-refractivity contribution in [2.45, 2.75) is 44.7 Å². The van der Waals surface area contributed by atoms with E-state index in [1.54, 1.807) is 18.0 Å². The third-order valence-electron chi connectivity index (χ3n) is 3.84. The lowest BCUT2D eigenvalue weighted by Crippen LogP contribution is -2.45. The molecule has 0 spiro atoms. The number of imidazole rings is 1. The van der Waals surface area contributed by atoms with Crippen LogP contribution in [0.5, 0.6) is 0 Å². The van der Waals surface area contributed by atoms with Gasteiger partial charge >= 0.3 is 0 Å². The topological polar surface area (TPSA) is 90.0 Å². The van der Waals surface area contributed by atoms with Gasteiger partial charge in [-0.3, -0.25) is 9.59 Å². The van der Waals surface area contributed by atoms with E-state index in [4.69, 9.17) is 5.73 Å². The van der Waals surface area contributed by atoms with Gasteiger partial charge < -0.3 is 15.6 Å². The maximum Gasteiger partial charge on any atom is 0.270 e. The summed E-state index contributed by atoms with van der Waals surface area (Å²) in [6, 6.07) is -0.628. The maximum absolute atomic E-state index is 12.4. The minimum Gasteiger partial charge on any atom is -0.368 e. The molecule has 0 saturated heterocycles. The van der Waals surface area contributed by atoms with Gasteiger partial charge in [-0.25, -0.2) is 4.98 Å². The van der Waals surface area contributed by atoms with Gasteiger partial charge in [0.05, 0.1) is 6.20 Å². The molecule has 2 rings (SSSR count). The number of nitrogens with zero attached hydrogens (tertiary/aromatic N) is 2. The Morgan fingerprint density at radius 1 is 1.62 bits per heavy atom. The molecule has 1 unspecified atom stereocenters. The van der Waals surface area contributed by atoms with Crippen LogP contribution in [0.2, 0.25) is 0 Å². The van der Waals surface area contributed by atoms with Crippen LogP contribution < -0.4 is 11.1 Å². The molecule has 1 aromatic heterocycles. The number of amides is 2. The fourth-order valence-corrected chi connectivity index (χ4v) is 3.11. The molecule has 116 valence electrons. The highest BCUT2D eigenvalue weighted by molar-refractivity contribution is 7.98. The van der Waals surface area contributed by atoms with Crippen molar-refractivity contribution < 1.29 is 9.59 Å². The van der Waals surface area contributed by atoms with Crippen LogP contribution in [0, 0.1) is 0 Å². The van der Waals surface area contributed by atoms with E-state index in [1.165, 1.54) is 0 Å². The minimum atomic E-state index is -0.628. The fraction of sp³-hybridized carbons (Fsp3) is 0.643. The Morgan fingerprint density at radius 3 is 3.05 bits per heavy atom. The molecule has 0 radical (unpaired) electrons. The molecule has 0 saturated carbocycles. The number of nitrogens with one attached hydrogen (secondary N) is 1. The van der Waals surface area contributed by atoms with Crippen molar-refractivity contribution in [2.24, 2.45) is 5.73 Å². The van der Waals surface area contributed by atoms with E-state index in [-0.39, 0.29) is 5.91 Å². The van der Waals surface area contributed by atoms with Crippen molar-refractivity contribution >= 4 is 23.6 Å². The molecule has 0 bridgehead atoms. The first kappa shape index (κ1) is 15.9. The Labute approximate surface area is 128 Å². The number of aromatic nitrogens is 2. The van der Waals surface area contributed by atoms with Gasteiger partial charge in [0.2, 0.25) is 5.91 Å². The molecular formula is C14H22N4O2S. The van der Waals surface area contributed by atoms with Crippen molar-refractivity contribution in [3.63, 3.8) is 0 Å². The number of carbonyl (C=O) groups is 2. The summed E-state index contributed by atoms with van der Waals surface area (Å²) in [7, 11) is 0. The first-order chi connectivity index (χ1) is 10.0. The van der Waals surface area contributed by atoms with E-state index in [0.29, 0.717) is 18.0 Å². The zero-order chi connectivity index (χ0) is 15.4. The third kappa shape index (κ3) is 3.58. The van der Waals surface area contributed by atoms with Crippen molar-refractivity contribution in [1.82, 2.24) is 14.9 Å². The van der Waals surface area contributed by atoms with Crippen LogP contribution in [-0.2, 0) is 11.3 Å². The van der Waals surface area contributed by atoms with E-state index in [0.717, 1.165) is 31.0 Å². The van der Waals surface area contributed by atoms with Crippen LogP contribution in [0.4, 0.5) is 0 Å². The van der Waals surface area contributed by atoms with Gasteiger partial charge in [0, 0.05) is 12.5 Å². The molecule has 0 aromatic carbocycles. The third-order valence-corrected chi connectivity index (χ3v) is 4.48. The molecule has 7 heteroatoms. The molecule has 21 heavy (non-hydrogen) atoms. The summed E-state index contributed by atoms with van der Waals surface area (Å²) in [5.74, 6) is 1.32. The highest BCUT2D eigenvalue weighted by Gasteiger charge is 2.25. The molecule has 0 aliphatic carbocycles. The molecule has 6 nitrogen and oxygen atoms in total. The lowest BCUT2D eigenvalue weighted by molar-refractivity contribution is -0.119. The first-order valence-electron chi connectivity index (χ1n) is 7.19. The van der Waals surface area contributed by atoms with Gasteiger partial charge in [-0.05, 0) is 31.3 Å². The zero-order valence-corrected chi connectivity index (χ0v) is 13.3. The summed E-state index contributed by atoms with van der Waals surface area (Å²) in [6.45, 7) is 2.92. The van der Waals surface area contributed by atoms with Crippen molar-refractivity contribution in [1.29, 1.82) is 0 Å². The largest absolute Gasteiger partial charge is 0.368 e. The minimum absolute atomic E-state index is 0.271. The summed E-state index contributed by atoms with van der Waals surface area (Å²) < 4.78 is 1.95. The summed E-state index contributed by atoms with van der Waals surface area (Å²) in [6.07, 6.45) is 6.22. The zero-order valence-electron chi connectivity index (χ0n) is 12.5. The van der Waals surface area contributed by atoms with E-state index >= 15 is 0 Å².